The molecule has 3 atom stereocenters. The Morgan fingerprint density at radius 1 is 0.947 bits per heavy atom. The Morgan fingerprint density at radius 2 is 1.53 bits per heavy atom. The van der Waals surface area contributed by atoms with Gasteiger partial charge in [0.25, 0.3) is 0 Å². The van der Waals surface area contributed by atoms with Crippen molar-refractivity contribution in [3.05, 3.63) is 12.2 Å². The first-order valence-corrected chi connectivity index (χ1v) is 7.98. The average molecular weight is 260 g/mol. The van der Waals surface area contributed by atoms with E-state index in [1.165, 1.54) is 44.9 Å². The van der Waals surface area contributed by atoms with Gasteiger partial charge in [-0.05, 0) is 86.4 Å². The van der Waals surface area contributed by atoms with Crippen molar-refractivity contribution < 1.29 is 9.90 Å². The van der Waals surface area contributed by atoms with Crippen LogP contribution in [-0.4, -0.2) is 11.1 Å². The Balaban J connectivity index is 1.63. The van der Waals surface area contributed by atoms with Crippen molar-refractivity contribution in [2.75, 3.05) is 0 Å². The summed E-state index contributed by atoms with van der Waals surface area (Å²) in [6.07, 6.45) is 12.0. The summed E-state index contributed by atoms with van der Waals surface area (Å²) in [5, 5.41) is 9.26. The minimum Gasteiger partial charge on any atom is -0.478 e. The molecule has 4 aliphatic carbocycles. The van der Waals surface area contributed by atoms with Gasteiger partial charge in [-0.3, -0.25) is 0 Å². The minimum atomic E-state index is -0.767. The summed E-state index contributed by atoms with van der Waals surface area (Å²) in [5.41, 5.74) is 1.76. The summed E-state index contributed by atoms with van der Waals surface area (Å²) in [6.45, 7) is 3.87. The molecule has 0 amide bonds. The van der Waals surface area contributed by atoms with Crippen LogP contribution in [0.15, 0.2) is 12.2 Å². The fourth-order valence-corrected chi connectivity index (χ4v) is 5.53. The van der Waals surface area contributed by atoms with Gasteiger partial charge >= 0.3 is 5.97 Å². The zero-order valence-corrected chi connectivity index (χ0v) is 11.7. The quantitative estimate of drug-likeness (QED) is 0.762. The maximum Gasteiger partial charge on any atom is 0.331 e. The molecule has 0 aromatic rings. The molecule has 0 aromatic carbocycles. The normalized spacial score (nSPS) is 40.7. The maximum absolute atomic E-state index is 11.3. The van der Waals surface area contributed by atoms with Gasteiger partial charge in [0.15, 0.2) is 0 Å². The van der Waals surface area contributed by atoms with E-state index < -0.39 is 5.97 Å². The fraction of sp³-hybridized carbons (Fsp3) is 0.824. The molecule has 2 heteroatoms. The number of aliphatic carboxylic acids is 1. The molecule has 0 heterocycles. The van der Waals surface area contributed by atoms with Crippen molar-refractivity contribution in [1.29, 1.82) is 0 Å². The highest BCUT2D eigenvalue weighted by Crippen LogP contribution is 2.74. The molecule has 3 unspecified atom stereocenters. The molecule has 19 heavy (non-hydrogen) atoms. The van der Waals surface area contributed by atoms with Gasteiger partial charge in [-0.25, -0.2) is 4.79 Å². The van der Waals surface area contributed by atoms with Crippen molar-refractivity contribution in [3.8, 4) is 0 Å². The third kappa shape index (κ3) is 1.64. The molecule has 2 nitrogen and oxygen atoms in total. The van der Waals surface area contributed by atoms with Crippen molar-refractivity contribution in [1.82, 2.24) is 0 Å². The van der Waals surface area contributed by atoms with Crippen LogP contribution in [0.1, 0.15) is 57.8 Å². The van der Waals surface area contributed by atoms with E-state index in [2.05, 4.69) is 6.58 Å². The van der Waals surface area contributed by atoms with E-state index in [4.69, 9.17) is 0 Å². The highest BCUT2D eigenvalue weighted by Gasteiger charge is 2.64. The van der Waals surface area contributed by atoms with Crippen LogP contribution in [-0.2, 0) is 4.79 Å². The zero-order chi connectivity index (χ0) is 13.3. The number of carboxylic acids is 1. The molecule has 4 saturated carbocycles. The van der Waals surface area contributed by atoms with E-state index in [1.807, 2.05) is 0 Å². The van der Waals surface area contributed by atoms with Gasteiger partial charge in [-0.1, -0.05) is 6.58 Å². The Kier molecular flexibility index (Phi) is 2.30. The SMILES string of the molecule is C=C(C(=O)O)C1CCC2(CC2)C2CCC3(CC3)C2C1. The Bertz CT molecular complexity index is 442. The van der Waals surface area contributed by atoms with Crippen molar-refractivity contribution >= 4 is 5.97 Å². The Morgan fingerprint density at radius 3 is 2.11 bits per heavy atom. The largest absolute Gasteiger partial charge is 0.478 e. The number of carboxylic acid groups (broad SMARTS) is 1. The molecule has 1 N–H and O–H groups in total. The molecule has 4 fully saturated rings. The van der Waals surface area contributed by atoms with Crippen LogP contribution in [0.4, 0.5) is 0 Å². The molecular formula is C17H24O2. The van der Waals surface area contributed by atoms with E-state index in [0.29, 0.717) is 16.4 Å². The predicted molar refractivity (Wildman–Crippen MR) is 73.7 cm³/mol. The molecule has 0 aromatic heterocycles. The van der Waals surface area contributed by atoms with E-state index in [1.54, 1.807) is 0 Å². The van der Waals surface area contributed by atoms with Gasteiger partial charge in [0.1, 0.15) is 0 Å². The van der Waals surface area contributed by atoms with Crippen molar-refractivity contribution in [3.63, 3.8) is 0 Å². The van der Waals surface area contributed by atoms with E-state index in [0.717, 1.165) is 24.7 Å². The molecule has 4 aliphatic rings. The topological polar surface area (TPSA) is 37.3 Å². The predicted octanol–water partition coefficient (Wildman–Crippen LogP) is 4.01. The lowest BCUT2D eigenvalue weighted by Gasteiger charge is -2.29. The number of carbonyl (C=O) groups is 1. The lowest BCUT2D eigenvalue weighted by Crippen LogP contribution is -2.23. The first-order valence-electron chi connectivity index (χ1n) is 7.98. The monoisotopic (exact) mass is 260 g/mol. The summed E-state index contributed by atoms with van der Waals surface area (Å²) in [4.78, 5) is 11.3. The summed E-state index contributed by atoms with van der Waals surface area (Å²) in [7, 11) is 0. The molecular weight excluding hydrogens is 236 g/mol. The summed E-state index contributed by atoms with van der Waals surface area (Å²) in [5.74, 6) is 1.22. The van der Waals surface area contributed by atoms with Gasteiger partial charge in [-0.2, -0.15) is 0 Å². The lowest BCUT2D eigenvalue weighted by atomic mass is 9.75. The second-order valence-corrected chi connectivity index (χ2v) is 7.78. The highest BCUT2D eigenvalue weighted by molar-refractivity contribution is 5.86. The lowest BCUT2D eigenvalue weighted by molar-refractivity contribution is -0.133. The van der Waals surface area contributed by atoms with Gasteiger partial charge in [0, 0.05) is 5.57 Å². The highest BCUT2D eigenvalue weighted by atomic mass is 16.4. The van der Waals surface area contributed by atoms with Crippen LogP contribution < -0.4 is 0 Å². The molecule has 104 valence electrons. The van der Waals surface area contributed by atoms with Crippen LogP contribution >= 0.6 is 0 Å². The van der Waals surface area contributed by atoms with Crippen LogP contribution in [0.25, 0.3) is 0 Å². The third-order valence-corrected chi connectivity index (χ3v) is 7.09. The standard InChI is InChI=1S/C17H24O2/c1-11(15(18)19)12-2-4-16(6-7-16)13-3-5-17(8-9-17)14(13)10-12/h12-14H,1-10H2,(H,18,19). The van der Waals surface area contributed by atoms with E-state index >= 15 is 0 Å². The number of fused-ring (bicyclic) bond motifs is 3. The smallest absolute Gasteiger partial charge is 0.331 e. The summed E-state index contributed by atoms with van der Waals surface area (Å²) in [6, 6.07) is 0. The molecule has 0 aliphatic heterocycles. The van der Waals surface area contributed by atoms with E-state index in [-0.39, 0.29) is 5.92 Å². The minimum absolute atomic E-state index is 0.251. The third-order valence-electron chi connectivity index (χ3n) is 7.09. The van der Waals surface area contributed by atoms with Gasteiger partial charge in [0.05, 0.1) is 0 Å². The van der Waals surface area contributed by atoms with Gasteiger partial charge in [0.2, 0.25) is 0 Å². The first kappa shape index (κ1) is 12.0. The molecule has 0 radical (unpaired) electrons. The number of hydrogen-bond donors (Lipinski definition) is 1. The second-order valence-electron chi connectivity index (χ2n) is 7.78. The zero-order valence-electron chi connectivity index (χ0n) is 11.7. The number of hydrogen-bond acceptors (Lipinski definition) is 1. The first-order chi connectivity index (χ1) is 9.06. The summed E-state index contributed by atoms with van der Waals surface area (Å²) >= 11 is 0. The number of rotatable bonds is 2. The molecule has 2 spiro atoms. The van der Waals surface area contributed by atoms with Crippen molar-refractivity contribution in [2.24, 2.45) is 28.6 Å². The fourth-order valence-electron chi connectivity index (χ4n) is 5.53. The molecule has 0 bridgehead atoms. The van der Waals surface area contributed by atoms with Crippen LogP contribution in [0.5, 0.6) is 0 Å². The van der Waals surface area contributed by atoms with Gasteiger partial charge in [-0.15, -0.1) is 0 Å². The van der Waals surface area contributed by atoms with Crippen LogP contribution in [0.3, 0.4) is 0 Å². The average Bonchev–Trinajstić information content (AvgIpc) is 3.26. The molecule has 0 saturated heterocycles. The second kappa shape index (κ2) is 3.65. The Hall–Kier alpha value is -0.790. The van der Waals surface area contributed by atoms with Crippen LogP contribution in [0, 0.1) is 28.6 Å². The molecule has 4 rings (SSSR count). The van der Waals surface area contributed by atoms with Gasteiger partial charge < -0.3 is 5.11 Å². The Labute approximate surface area is 115 Å². The van der Waals surface area contributed by atoms with Crippen LogP contribution in [0.2, 0.25) is 0 Å². The van der Waals surface area contributed by atoms with Crippen molar-refractivity contribution in [2.45, 2.75) is 57.8 Å². The van der Waals surface area contributed by atoms with E-state index in [9.17, 15) is 9.90 Å². The maximum atomic E-state index is 11.3. The summed E-state index contributed by atoms with van der Waals surface area (Å²) < 4.78 is 0.